The number of nitrogens with one attached hydrogen (secondary N) is 1. The van der Waals surface area contributed by atoms with Gasteiger partial charge in [0.2, 0.25) is 5.91 Å². The first kappa shape index (κ1) is 16.7. The van der Waals surface area contributed by atoms with Gasteiger partial charge in [-0.1, -0.05) is 6.92 Å². The molecular formula is C12H19F3N2O3. The van der Waals surface area contributed by atoms with Gasteiger partial charge in [-0.15, -0.1) is 0 Å². The number of rotatable bonds is 4. The lowest BCUT2D eigenvalue weighted by Gasteiger charge is -2.41. The lowest BCUT2D eigenvalue weighted by Crippen LogP contribution is -2.57. The standard InChI is InChI=1S/C12H19F3N2O3/c1-4-17-7-11(2,3)20-10(19)8(17)5-9(18)16-6-12(13,14)15/h8H,4-7H2,1-3H3,(H,16,18). The van der Waals surface area contributed by atoms with Crippen LogP contribution in [0.3, 0.4) is 0 Å². The maximum absolute atomic E-state index is 12.0. The third kappa shape index (κ3) is 4.99. The number of alkyl halides is 3. The normalized spacial score (nSPS) is 23.3. The van der Waals surface area contributed by atoms with Crippen molar-refractivity contribution in [1.82, 2.24) is 10.2 Å². The maximum Gasteiger partial charge on any atom is 0.405 e. The fourth-order valence-electron chi connectivity index (χ4n) is 2.11. The Hall–Kier alpha value is -1.31. The van der Waals surface area contributed by atoms with Crippen LogP contribution in [0.4, 0.5) is 13.2 Å². The zero-order valence-electron chi connectivity index (χ0n) is 11.7. The van der Waals surface area contributed by atoms with Gasteiger partial charge in [0, 0.05) is 6.54 Å². The van der Waals surface area contributed by atoms with Gasteiger partial charge in [-0.3, -0.25) is 14.5 Å². The number of cyclic esters (lactones) is 1. The largest absolute Gasteiger partial charge is 0.457 e. The van der Waals surface area contributed by atoms with Crippen molar-refractivity contribution in [1.29, 1.82) is 0 Å². The third-order valence-corrected chi connectivity index (χ3v) is 2.94. The number of nitrogens with zero attached hydrogens (tertiary/aromatic N) is 1. The molecule has 0 aromatic carbocycles. The van der Waals surface area contributed by atoms with Crippen LogP contribution in [0.25, 0.3) is 0 Å². The molecule has 0 bridgehead atoms. The number of morpholine rings is 1. The Bertz CT molecular complexity index is 383. The van der Waals surface area contributed by atoms with Crippen LogP contribution in [0.1, 0.15) is 27.2 Å². The smallest absolute Gasteiger partial charge is 0.405 e. The average Bonchev–Trinajstić information content (AvgIpc) is 2.28. The summed E-state index contributed by atoms with van der Waals surface area (Å²) in [5.74, 6) is -1.40. The van der Waals surface area contributed by atoms with Gasteiger partial charge in [0.05, 0.1) is 6.42 Å². The van der Waals surface area contributed by atoms with Crippen LogP contribution in [0, 0.1) is 0 Å². The second-order valence-electron chi connectivity index (χ2n) is 5.36. The SMILES string of the molecule is CCN1CC(C)(C)OC(=O)C1CC(=O)NCC(F)(F)F. The van der Waals surface area contributed by atoms with Gasteiger partial charge in [0.25, 0.3) is 0 Å². The van der Waals surface area contributed by atoms with Crippen molar-refractivity contribution in [2.45, 2.75) is 45.0 Å². The van der Waals surface area contributed by atoms with E-state index >= 15 is 0 Å². The summed E-state index contributed by atoms with van der Waals surface area (Å²) < 4.78 is 41.2. The van der Waals surface area contributed by atoms with E-state index in [1.807, 2.05) is 6.92 Å². The lowest BCUT2D eigenvalue weighted by molar-refractivity contribution is -0.179. The zero-order chi connectivity index (χ0) is 15.6. The van der Waals surface area contributed by atoms with E-state index in [1.165, 1.54) is 0 Å². The molecule has 0 aliphatic carbocycles. The highest BCUT2D eigenvalue weighted by Gasteiger charge is 2.41. The lowest BCUT2D eigenvalue weighted by atomic mass is 10.0. The summed E-state index contributed by atoms with van der Waals surface area (Å²) >= 11 is 0. The fourth-order valence-corrected chi connectivity index (χ4v) is 2.11. The van der Waals surface area contributed by atoms with Crippen molar-refractivity contribution in [2.75, 3.05) is 19.6 Å². The molecular weight excluding hydrogens is 277 g/mol. The van der Waals surface area contributed by atoms with Gasteiger partial charge in [-0.2, -0.15) is 13.2 Å². The topological polar surface area (TPSA) is 58.6 Å². The van der Waals surface area contributed by atoms with E-state index in [2.05, 4.69) is 0 Å². The summed E-state index contributed by atoms with van der Waals surface area (Å²) in [5, 5.41) is 1.76. The second kappa shape index (κ2) is 5.99. The number of esters is 1. The number of carbonyl (C=O) groups excluding carboxylic acids is 2. The molecule has 1 heterocycles. The first-order valence-electron chi connectivity index (χ1n) is 6.34. The first-order valence-corrected chi connectivity index (χ1v) is 6.34. The van der Waals surface area contributed by atoms with Crippen LogP contribution >= 0.6 is 0 Å². The van der Waals surface area contributed by atoms with E-state index in [0.29, 0.717) is 13.1 Å². The first-order chi connectivity index (χ1) is 9.04. The van der Waals surface area contributed by atoms with E-state index in [4.69, 9.17) is 4.74 Å². The maximum atomic E-state index is 12.0. The van der Waals surface area contributed by atoms with Crippen LogP contribution in [0.2, 0.25) is 0 Å². The van der Waals surface area contributed by atoms with Crippen LogP contribution in [-0.2, 0) is 14.3 Å². The highest BCUT2D eigenvalue weighted by atomic mass is 19.4. The fraction of sp³-hybridized carbons (Fsp3) is 0.833. The van der Waals surface area contributed by atoms with Gasteiger partial charge in [-0.25, -0.2) is 0 Å². The molecule has 20 heavy (non-hydrogen) atoms. The second-order valence-corrected chi connectivity index (χ2v) is 5.36. The van der Waals surface area contributed by atoms with E-state index in [9.17, 15) is 22.8 Å². The predicted molar refractivity (Wildman–Crippen MR) is 64.9 cm³/mol. The van der Waals surface area contributed by atoms with Crippen LogP contribution < -0.4 is 5.32 Å². The zero-order valence-corrected chi connectivity index (χ0v) is 11.7. The molecule has 0 aromatic rings. The Morgan fingerprint density at radius 1 is 1.50 bits per heavy atom. The van der Waals surface area contributed by atoms with Crippen LogP contribution in [0.15, 0.2) is 0 Å². The van der Waals surface area contributed by atoms with Gasteiger partial charge >= 0.3 is 12.1 Å². The number of likely N-dealkylation sites (N-methyl/N-ethyl adjacent to an activating group) is 1. The average molecular weight is 296 g/mol. The highest BCUT2D eigenvalue weighted by Crippen LogP contribution is 2.23. The molecule has 1 atom stereocenters. The third-order valence-electron chi connectivity index (χ3n) is 2.94. The Labute approximate surface area is 115 Å². The Balaban J connectivity index is 2.61. The molecule has 1 unspecified atom stereocenters. The molecule has 5 nitrogen and oxygen atoms in total. The predicted octanol–water partition coefficient (Wildman–Crippen LogP) is 1.08. The Morgan fingerprint density at radius 2 is 2.10 bits per heavy atom. The molecule has 0 radical (unpaired) electrons. The minimum atomic E-state index is -4.46. The van der Waals surface area contributed by atoms with Crippen molar-refractivity contribution < 1.29 is 27.5 Å². The molecule has 1 N–H and O–H groups in total. The van der Waals surface area contributed by atoms with Crippen molar-refractivity contribution in [3.63, 3.8) is 0 Å². The molecule has 1 fully saturated rings. The van der Waals surface area contributed by atoms with E-state index in [0.717, 1.165) is 0 Å². The number of carbonyl (C=O) groups is 2. The van der Waals surface area contributed by atoms with Crippen LogP contribution in [-0.4, -0.2) is 54.2 Å². The van der Waals surface area contributed by atoms with Gasteiger partial charge in [-0.05, 0) is 20.4 Å². The summed E-state index contributed by atoms with van der Waals surface area (Å²) in [6.45, 7) is 4.85. The molecule has 1 rings (SSSR count). The van der Waals surface area contributed by atoms with Crippen molar-refractivity contribution >= 4 is 11.9 Å². The monoisotopic (exact) mass is 296 g/mol. The van der Waals surface area contributed by atoms with Crippen molar-refractivity contribution in [2.24, 2.45) is 0 Å². The van der Waals surface area contributed by atoms with Gasteiger partial charge in [0.15, 0.2) is 0 Å². The summed E-state index contributed by atoms with van der Waals surface area (Å²) in [7, 11) is 0. The minimum absolute atomic E-state index is 0.334. The Morgan fingerprint density at radius 3 is 2.60 bits per heavy atom. The number of ether oxygens (including phenoxy) is 1. The van der Waals surface area contributed by atoms with E-state index < -0.39 is 36.2 Å². The number of amides is 1. The van der Waals surface area contributed by atoms with Crippen LogP contribution in [0.5, 0.6) is 0 Å². The number of hydrogen-bond acceptors (Lipinski definition) is 4. The van der Waals surface area contributed by atoms with E-state index in [-0.39, 0.29) is 6.42 Å². The summed E-state index contributed by atoms with van der Waals surface area (Å²) in [6.07, 6.45) is -4.80. The van der Waals surface area contributed by atoms with Gasteiger partial charge in [0.1, 0.15) is 18.2 Å². The molecule has 0 aromatic heterocycles. The molecule has 1 aliphatic rings. The molecule has 1 saturated heterocycles. The molecule has 1 aliphatic heterocycles. The number of halogens is 3. The summed E-state index contributed by atoms with van der Waals surface area (Å²) in [5.41, 5.74) is -0.661. The van der Waals surface area contributed by atoms with Crippen molar-refractivity contribution in [3.05, 3.63) is 0 Å². The molecule has 0 saturated carbocycles. The molecule has 116 valence electrons. The van der Waals surface area contributed by atoms with Gasteiger partial charge < -0.3 is 10.1 Å². The summed E-state index contributed by atoms with van der Waals surface area (Å²) in [4.78, 5) is 25.1. The minimum Gasteiger partial charge on any atom is -0.457 e. The molecule has 0 spiro atoms. The quantitative estimate of drug-likeness (QED) is 0.789. The Kier molecular flexibility index (Phi) is 5.01. The molecule has 8 heteroatoms. The van der Waals surface area contributed by atoms with Crippen molar-refractivity contribution in [3.8, 4) is 0 Å². The molecule has 1 amide bonds. The van der Waals surface area contributed by atoms with E-state index in [1.54, 1.807) is 24.1 Å². The number of hydrogen-bond donors (Lipinski definition) is 1. The highest BCUT2D eigenvalue weighted by molar-refractivity contribution is 5.85. The summed E-state index contributed by atoms with van der Waals surface area (Å²) in [6, 6.07) is -0.832.